The molecule has 2 aliphatic rings. The third-order valence-electron chi connectivity index (χ3n) is 6.35. The van der Waals surface area contributed by atoms with Crippen LogP contribution in [0, 0.1) is 35.5 Å². The van der Waals surface area contributed by atoms with Gasteiger partial charge < -0.3 is 9.64 Å². The molecule has 154 valence electrons. The minimum absolute atomic E-state index is 0. The van der Waals surface area contributed by atoms with Crippen molar-refractivity contribution >= 4 is 34.9 Å². The molecule has 5 rings (SSSR count). The van der Waals surface area contributed by atoms with Gasteiger partial charge in [-0.2, -0.15) is 10.5 Å². The number of aromatic nitrogens is 2. The molecule has 30 heavy (non-hydrogen) atoms. The third-order valence-corrected chi connectivity index (χ3v) is 6.35. The summed E-state index contributed by atoms with van der Waals surface area (Å²) in [6, 6.07) is 12.9. The lowest BCUT2D eigenvalue weighted by atomic mass is 9.94. The van der Waals surface area contributed by atoms with E-state index in [0.29, 0.717) is 11.2 Å². The summed E-state index contributed by atoms with van der Waals surface area (Å²) in [5, 5.41) is 19.4. The Kier molecular flexibility index (Phi) is 5.56. The van der Waals surface area contributed by atoms with Gasteiger partial charge in [-0.3, -0.25) is 4.40 Å². The van der Waals surface area contributed by atoms with Crippen molar-refractivity contribution < 1.29 is 4.74 Å². The third kappa shape index (κ3) is 3.08. The van der Waals surface area contributed by atoms with E-state index in [9.17, 15) is 10.5 Å². The number of piperidine rings is 1. The molecule has 2 saturated heterocycles. The Morgan fingerprint density at radius 1 is 1.13 bits per heavy atom. The predicted octanol–water partition coefficient (Wildman–Crippen LogP) is 4.68. The molecule has 0 bridgehead atoms. The minimum Gasteiger partial charge on any atom is -0.373 e. The van der Waals surface area contributed by atoms with Crippen molar-refractivity contribution in [3.8, 4) is 12.1 Å². The Labute approximate surface area is 182 Å². The Morgan fingerprint density at radius 3 is 2.57 bits per heavy atom. The Balaban J connectivity index is 0.00000218. The first kappa shape index (κ1) is 20.5. The van der Waals surface area contributed by atoms with Crippen molar-refractivity contribution in [3.63, 3.8) is 0 Å². The van der Waals surface area contributed by atoms with E-state index in [4.69, 9.17) is 9.72 Å². The zero-order chi connectivity index (χ0) is 20.0. The van der Waals surface area contributed by atoms with Crippen LogP contribution in [-0.2, 0) is 4.74 Å². The molecule has 0 saturated carbocycles. The van der Waals surface area contributed by atoms with E-state index < -0.39 is 0 Å². The number of fused-ring (bicyclic) bond motifs is 3. The van der Waals surface area contributed by atoms with Crippen molar-refractivity contribution in [2.24, 2.45) is 5.92 Å². The van der Waals surface area contributed by atoms with Crippen LogP contribution < -0.4 is 4.90 Å². The second-order valence-electron chi connectivity index (χ2n) is 8.00. The van der Waals surface area contributed by atoms with Crippen LogP contribution in [0.1, 0.15) is 48.5 Å². The van der Waals surface area contributed by atoms with Gasteiger partial charge in [0.05, 0.1) is 23.2 Å². The highest BCUT2D eigenvalue weighted by atomic mass is 35.5. The number of imidazole rings is 1. The van der Waals surface area contributed by atoms with Crippen molar-refractivity contribution in [2.45, 2.75) is 38.7 Å². The number of para-hydroxylation sites is 2. The fourth-order valence-electron chi connectivity index (χ4n) is 4.92. The number of hydrogen-bond donors (Lipinski definition) is 0. The number of halogens is 1. The molecule has 0 radical (unpaired) electrons. The Morgan fingerprint density at radius 2 is 1.90 bits per heavy atom. The van der Waals surface area contributed by atoms with Crippen molar-refractivity contribution in [2.75, 3.05) is 24.6 Å². The lowest BCUT2D eigenvalue weighted by Gasteiger charge is -2.34. The number of benzene rings is 1. The van der Waals surface area contributed by atoms with Crippen molar-refractivity contribution in [1.29, 1.82) is 10.5 Å². The molecule has 0 spiro atoms. The van der Waals surface area contributed by atoms with Gasteiger partial charge in [0.15, 0.2) is 5.65 Å². The number of hydrogen-bond acceptors (Lipinski definition) is 5. The maximum absolute atomic E-state index is 10.1. The van der Waals surface area contributed by atoms with E-state index in [-0.39, 0.29) is 24.4 Å². The number of ether oxygens (including phenoxy) is 1. The van der Waals surface area contributed by atoms with Gasteiger partial charge in [0, 0.05) is 31.2 Å². The molecule has 4 heterocycles. The maximum Gasteiger partial charge on any atom is 0.157 e. The molecule has 1 aromatic carbocycles. The Hall–Kier alpha value is -2.80. The molecule has 3 aromatic rings. The molecule has 2 fully saturated rings. The number of rotatable bonds is 2. The van der Waals surface area contributed by atoms with Crippen molar-refractivity contribution in [1.82, 2.24) is 9.38 Å². The van der Waals surface area contributed by atoms with E-state index in [0.717, 1.165) is 73.4 Å². The fourth-order valence-corrected chi connectivity index (χ4v) is 4.92. The summed E-state index contributed by atoms with van der Waals surface area (Å²) in [6.45, 7) is 4.51. The molecule has 0 aliphatic carbocycles. The van der Waals surface area contributed by atoms with Gasteiger partial charge in [-0.25, -0.2) is 4.98 Å². The molecular weight excluding hydrogens is 398 g/mol. The standard InChI is InChI=1S/C23H23N5O.ClH/c1-15-21(20-7-4-12-29-20)17(14-25)22-26-18-5-2-3-6-19(18)28(22)23(15)27-10-8-16(13-24)9-11-27;/h2-3,5-6,16,20H,4,7-12H2,1H3;1H. The molecule has 0 amide bonds. The van der Waals surface area contributed by atoms with Crippen LogP contribution in [0.15, 0.2) is 24.3 Å². The summed E-state index contributed by atoms with van der Waals surface area (Å²) in [6.07, 6.45) is 3.62. The van der Waals surface area contributed by atoms with Crippen LogP contribution in [0.4, 0.5) is 5.82 Å². The highest BCUT2D eigenvalue weighted by Gasteiger charge is 2.31. The number of anilines is 1. The van der Waals surface area contributed by atoms with E-state index in [1.54, 1.807) is 0 Å². The highest BCUT2D eigenvalue weighted by Crippen LogP contribution is 2.40. The summed E-state index contributed by atoms with van der Waals surface area (Å²) in [5.74, 6) is 1.21. The zero-order valence-electron chi connectivity index (χ0n) is 17.0. The average Bonchev–Trinajstić information content (AvgIpc) is 3.41. The number of pyridine rings is 1. The largest absolute Gasteiger partial charge is 0.373 e. The van der Waals surface area contributed by atoms with Gasteiger partial charge in [-0.15, -0.1) is 12.4 Å². The molecule has 1 atom stereocenters. The highest BCUT2D eigenvalue weighted by molar-refractivity contribution is 5.86. The molecule has 7 heteroatoms. The van der Waals surface area contributed by atoms with E-state index >= 15 is 0 Å². The van der Waals surface area contributed by atoms with Gasteiger partial charge >= 0.3 is 0 Å². The van der Waals surface area contributed by atoms with Gasteiger partial charge in [-0.1, -0.05) is 12.1 Å². The first-order chi connectivity index (χ1) is 14.2. The molecule has 1 unspecified atom stereocenters. The number of nitriles is 2. The summed E-state index contributed by atoms with van der Waals surface area (Å²) in [4.78, 5) is 7.22. The smallest absolute Gasteiger partial charge is 0.157 e. The summed E-state index contributed by atoms with van der Waals surface area (Å²) >= 11 is 0. The van der Waals surface area contributed by atoms with Crippen LogP contribution in [0.3, 0.4) is 0 Å². The lowest BCUT2D eigenvalue weighted by Crippen LogP contribution is -2.35. The number of nitrogens with zero attached hydrogens (tertiary/aromatic N) is 5. The predicted molar refractivity (Wildman–Crippen MR) is 118 cm³/mol. The Bertz CT molecular complexity index is 1170. The van der Waals surface area contributed by atoms with Crippen molar-refractivity contribution in [3.05, 3.63) is 41.0 Å². The topological polar surface area (TPSA) is 77.3 Å². The second kappa shape index (κ2) is 8.14. The second-order valence-corrected chi connectivity index (χ2v) is 8.00. The van der Waals surface area contributed by atoms with Crippen LogP contribution in [0.5, 0.6) is 0 Å². The summed E-state index contributed by atoms with van der Waals surface area (Å²) in [7, 11) is 0. The first-order valence-electron chi connectivity index (χ1n) is 10.3. The molecular formula is C23H24ClN5O. The van der Waals surface area contributed by atoms with E-state index in [1.165, 1.54) is 0 Å². The maximum atomic E-state index is 10.1. The summed E-state index contributed by atoms with van der Waals surface area (Å²) < 4.78 is 8.16. The van der Waals surface area contributed by atoms with E-state index in [2.05, 4.69) is 34.4 Å². The van der Waals surface area contributed by atoms with Crippen LogP contribution in [0.2, 0.25) is 0 Å². The van der Waals surface area contributed by atoms with Gasteiger partial charge in [0.25, 0.3) is 0 Å². The summed E-state index contributed by atoms with van der Waals surface area (Å²) in [5.41, 5.74) is 5.33. The molecule has 0 N–H and O–H groups in total. The molecule has 2 aromatic heterocycles. The van der Waals surface area contributed by atoms with Crippen LogP contribution in [-0.4, -0.2) is 29.1 Å². The average molecular weight is 422 g/mol. The quantitative estimate of drug-likeness (QED) is 0.600. The normalized spacial score (nSPS) is 19.6. The fraction of sp³-hybridized carbons (Fsp3) is 0.435. The zero-order valence-corrected chi connectivity index (χ0v) is 17.8. The monoisotopic (exact) mass is 421 g/mol. The van der Waals surface area contributed by atoms with Crippen LogP contribution in [0.25, 0.3) is 16.7 Å². The SMILES string of the molecule is Cc1c(C2CCCO2)c(C#N)c2nc3ccccc3n2c1N1CCC(C#N)CC1.Cl. The lowest BCUT2D eigenvalue weighted by molar-refractivity contribution is 0.111. The molecule has 2 aliphatic heterocycles. The van der Waals surface area contributed by atoms with Gasteiger partial charge in [0.1, 0.15) is 17.5 Å². The molecule has 6 nitrogen and oxygen atoms in total. The first-order valence-corrected chi connectivity index (χ1v) is 10.3. The van der Waals surface area contributed by atoms with Gasteiger partial charge in [-0.05, 0) is 50.3 Å². The van der Waals surface area contributed by atoms with Gasteiger partial charge in [0.2, 0.25) is 0 Å². The minimum atomic E-state index is -0.0511. The van der Waals surface area contributed by atoms with Crippen LogP contribution >= 0.6 is 12.4 Å². The van der Waals surface area contributed by atoms with E-state index in [1.807, 2.05) is 18.2 Å².